The first-order valence-corrected chi connectivity index (χ1v) is 6.44. The number of phenolic OH excluding ortho intramolecular Hbond substituents is 1. The molecule has 0 spiro atoms. The van der Waals surface area contributed by atoms with E-state index in [1.54, 1.807) is 23.5 Å². The fourth-order valence-electron chi connectivity index (χ4n) is 1.76. The molecule has 5 heteroatoms. The van der Waals surface area contributed by atoms with E-state index in [4.69, 9.17) is 4.74 Å². The highest BCUT2D eigenvalue weighted by atomic mass is 32.1. The summed E-state index contributed by atoms with van der Waals surface area (Å²) in [5, 5.41) is 11.6. The van der Waals surface area contributed by atoms with Crippen LogP contribution in [0.3, 0.4) is 0 Å². The van der Waals surface area contributed by atoms with Crippen molar-refractivity contribution in [2.45, 2.75) is 13.5 Å². The van der Waals surface area contributed by atoms with E-state index in [0.29, 0.717) is 12.4 Å². The van der Waals surface area contributed by atoms with Crippen LogP contribution in [0.25, 0.3) is 4.96 Å². The van der Waals surface area contributed by atoms with Gasteiger partial charge in [0, 0.05) is 23.3 Å². The van der Waals surface area contributed by atoms with Crippen molar-refractivity contribution in [1.82, 2.24) is 9.38 Å². The highest BCUT2D eigenvalue weighted by Gasteiger charge is 2.06. The first-order valence-electron chi connectivity index (χ1n) is 5.56. The lowest BCUT2D eigenvalue weighted by Gasteiger charge is -2.08. The molecule has 18 heavy (non-hydrogen) atoms. The molecule has 0 aliphatic carbocycles. The minimum Gasteiger partial charge on any atom is -0.508 e. The fourth-order valence-corrected chi connectivity index (χ4v) is 2.48. The number of benzene rings is 1. The summed E-state index contributed by atoms with van der Waals surface area (Å²) in [5.74, 6) is 0.935. The Morgan fingerprint density at radius 1 is 1.44 bits per heavy atom. The third-order valence-corrected chi connectivity index (χ3v) is 3.54. The third kappa shape index (κ3) is 1.93. The number of ether oxygens (including phenoxy) is 1. The van der Waals surface area contributed by atoms with E-state index in [2.05, 4.69) is 4.98 Å². The normalized spacial score (nSPS) is 10.9. The summed E-state index contributed by atoms with van der Waals surface area (Å²) in [4.78, 5) is 5.39. The van der Waals surface area contributed by atoms with E-state index in [1.807, 2.05) is 35.2 Å². The van der Waals surface area contributed by atoms with E-state index in [-0.39, 0.29) is 5.75 Å². The van der Waals surface area contributed by atoms with E-state index in [9.17, 15) is 5.11 Å². The molecule has 0 fully saturated rings. The summed E-state index contributed by atoms with van der Waals surface area (Å²) in [7, 11) is 0. The second-order valence-corrected chi connectivity index (χ2v) is 4.89. The molecule has 0 saturated heterocycles. The van der Waals surface area contributed by atoms with Crippen LogP contribution in [-0.2, 0) is 6.61 Å². The number of aromatic nitrogens is 2. The van der Waals surface area contributed by atoms with Crippen LogP contribution in [0.5, 0.6) is 11.5 Å². The Kier molecular flexibility index (Phi) is 2.68. The molecule has 2 heterocycles. The van der Waals surface area contributed by atoms with Gasteiger partial charge in [0.05, 0.1) is 5.69 Å². The van der Waals surface area contributed by atoms with E-state index >= 15 is 0 Å². The molecule has 0 saturated carbocycles. The number of hydrogen-bond acceptors (Lipinski definition) is 4. The zero-order valence-electron chi connectivity index (χ0n) is 9.83. The lowest BCUT2D eigenvalue weighted by Crippen LogP contribution is -1.97. The van der Waals surface area contributed by atoms with Crippen molar-refractivity contribution in [1.29, 1.82) is 0 Å². The standard InChI is InChI=1S/C13H12N2O2S/c1-9-11(16)3-2-4-12(9)17-8-10-7-15-5-6-18-13(15)14-10/h2-7,16H,8H2,1H3. The largest absolute Gasteiger partial charge is 0.508 e. The van der Waals surface area contributed by atoms with E-state index in [1.165, 1.54) is 0 Å². The van der Waals surface area contributed by atoms with Crippen LogP contribution in [0.4, 0.5) is 0 Å². The molecule has 92 valence electrons. The molecule has 0 amide bonds. The van der Waals surface area contributed by atoms with Gasteiger partial charge in [0.2, 0.25) is 0 Å². The summed E-state index contributed by atoms with van der Waals surface area (Å²) >= 11 is 1.59. The maximum absolute atomic E-state index is 9.58. The lowest BCUT2D eigenvalue weighted by atomic mass is 10.2. The average molecular weight is 260 g/mol. The summed E-state index contributed by atoms with van der Waals surface area (Å²) in [5.41, 5.74) is 1.63. The lowest BCUT2D eigenvalue weighted by molar-refractivity contribution is 0.298. The minimum atomic E-state index is 0.248. The Bertz CT molecular complexity index is 659. The Morgan fingerprint density at radius 3 is 3.17 bits per heavy atom. The van der Waals surface area contributed by atoms with Gasteiger partial charge < -0.3 is 9.84 Å². The van der Waals surface area contributed by atoms with Crippen molar-refractivity contribution >= 4 is 16.3 Å². The number of hydrogen-bond donors (Lipinski definition) is 1. The maximum atomic E-state index is 9.58. The van der Waals surface area contributed by atoms with E-state index in [0.717, 1.165) is 16.2 Å². The van der Waals surface area contributed by atoms with Gasteiger partial charge in [0.1, 0.15) is 18.1 Å². The number of phenols is 1. The quantitative estimate of drug-likeness (QED) is 0.787. The molecule has 0 radical (unpaired) electrons. The Morgan fingerprint density at radius 2 is 2.33 bits per heavy atom. The van der Waals surface area contributed by atoms with Gasteiger partial charge in [-0.25, -0.2) is 4.98 Å². The van der Waals surface area contributed by atoms with Gasteiger partial charge in [-0.1, -0.05) is 6.07 Å². The van der Waals surface area contributed by atoms with Crippen molar-refractivity contribution < 1.29 is 9.84 Å². The van der Waals surface area contributed by atoms with Crippen molar-refractivity contribution in [3.05, 3.63) is 47.2 Å². The number of nitrogens with zero attached hydrogens (tertiary/aromatic N) is 2. The number of thiazole rings is 1. The second-order valence-electron chi connectivity index (χ2n) is 4.01. The van der Waals surface area contributed by atoms with Gasteiger partial charge in [-0.15, -0.1) is 11.3 Å². The SMILES string of the molecule is Cc1c(O)cccc1OCc1cn2ccsc2n1. The Labute approximate surface area is 108 Å². The van der Waals surface area contributed by atoms with Gasteiger partial charge >= 0.3 is 0 Å². The van der Waals surface area contributed by atoms with E-state index < -0.39 is 0 Å². The molecule has 3 aromatic rings. The molecule has 0 atom stereocenters. The fraction of sp³-hybridized carbons (Fsp3) is 0.154. The minimum absolute atomic E-state index is 0.248. The highest BCUT2D eigenvalue weighted by Crippen LogP contribution is 2.26. The zero-order valence-corrected chi connectivity index (χ0v) is 10.6. The van der Waals surface area contributed by atoms with Crippen LogP contribution in [0, 0.1) is 6.92 Å². The topological polar surface area (TPSA) is 46.8 Å². The summed E-state index contributed by atoms with van der Waals surface area (Å²) in [6.45, 7) is 2.23. The number of rotatable bonds is 3. The molecular weight excluding hydrogens is 248 g/mol. The van der Waals surface area contributed by atoms with Crippen LogP contribution in [0.15, 0.2) is 36.0 Å². The van der Waals surface area contributed by atoms with Crippen molar-refractivity contribution in [3.8, 4) is 11.5 Å². The molecule has 0 unspecified atom stereocenters. The Hall–Kier alpha value is -2.01. The van der Waals surface area contributed by atoms with Crippen molar-refractivity contribution in [2.24, 2.45) is 0 Å². The summed E-state index contributed by atoms with van der Waals surface area (Å²) < 4.78 is 7.64. The predicted octanol–water partition coefficient (Wildman–Crippen LogP) is 2.99. The van der Waals surface area contributed by atoms with Crippen LogP contribution >= 0.6 is 11.3 Å². The van der Waals surface area contributed by atoms with Crippen molar-refractivity contribution in [3.63, 3.8) is 0 Å². The summed E-state index contributed by atoms with van der Waals surface area (Å²) in [6, 6.07) is 5.26. The molecule has 0 aliphatic rings. The molecule has 1 aromatic carbocycles. The average Bonchev–Trinajstić information content (AvgIpc) is 2.91. The second kappa shape index (κ2) is 4.34. The molecule has 2 aromatic heterocycles. The zero-order chi connectivity index (χ0) is 12.5. The van der Waals surface area contributed by atoms with Crippen LogP contribution < -0.4 is 4.74 Å². The van der Waals surface area contributed by atoms with Gasteiger partial charge in [-0.3, -0.25) is 4.40 Å². The van der Waals surface area contributed by atoms with Gasteiger partial charge in [-0.05, 0) is 19.1 Å². The van der Waals surface area contributed by atoms with Crippen molar-refractivity contribution in [2.75, 3.05) is 0 Å². The monoisotopic (exact) mass is 260 g/mol. The molecule has 1 N–H and O–H groups in total. The smallest absolute Gasteiger partial charge is 0.193 e. The van der Waals surface area contributed by atoms with Crippen LogP contribution in [-0.4, -0.2) is 14.5 Å². The Balaban J connectivity index is 1.78. The molecular formula is C13H12N2O2S. The molecule has 3 rings (SSSR count). The van der Waals surface area contributed by atoms with Gasteiger partial charge in [-0.2, -0.15) is 0 Å². The number of aromatic hydroxyl groups is 1. The molecule has 4 nitrogen and oxygen atoms in total. The number of imidazole rings is 1. The third-order valence-electron chi connectivity index (χ3n) is 2.77. The van der Waals surface area contributed by atoms with Crippen LogP contribution in [0.2, 0.25) is 0 Å². The predicted molar refractivity (Wildman–Crippen MR) is 70.2 cm³/mol. The first kappa shape index (κ1) is 11.1. The number of fused-ring (bicyclic) bond motifs is 1. The van der Waals surface area contributed by atoms with Gasteiger partial charge in [0.25, 0.3) is 0 Å². The molecule has 0 bridgehead atoms. The maximum Gasteiger partial charge on any atom is 0.193 e. The first-order chi connectivity index (χ1) is 8.74. The highest BCUT2D eigenvalue weighted by molar-refractivity contribution is 7.15. The van der Waals surface area contributed by atoms with Gasteiger partial charge in [0.15, 0.2) is 4.96 Å². The molecule has 0 aliphatic heterocycles. The summed E-state index contributed by atoms with van der Waals surface area (Å²) in [6.07, 6.45) is 3.92. The van der Waals surface area contributed by atoms with Crippen LogP contribution in [0.1, 0.15) is 11.3 Å².